The van der Waals surface area contributed by atoms with Crippen molar-refractivity contribution in [1.29, 1.82) is 5.26 Å². The number of Topliss-reactive ketones (excluding diaryl/α,β-unsaturated/α-hetero) is 1. The molecule has 6 nitrogen and oxygen atoms in total. The van der Waals surface area contributed by atoms with Crippen LogP contribution in [-0.2, 0) is 4.79 Å². The largest absolute Gasteiger partial charge is 0.368 e. The first-order valence-corrected chi connectivity index (χ1v) is 8.94. The number of rotatable bonds is 5. The van der Waals surface area contributed by atoms with Crippen LogP contribution in [0.2, 0.25) is 0 Å². The zero-order chi connectivity index (χ0) is 19.2. The molecule has 1 N–H and O–H groups in total. The summed E-state index contributed by atoms with van der Waals surface area (Å²) in [6, 6.07) is 16.8. The molecule has 27 heavy (non-hydrogen) atoms. The van der Waals surface area contributed by atoms with Crippen LogP contribution in [-0.4, -0.2) is 49.3 Å². The highest BCUT2D eigenvalue weighted by Gasteiger charge is 2.21. The van der Waals surface area contributed by atoms with Gasteiger partial charge >= 0.3 is 0 Å². The van der Waals surface area contributed by atoms with Gasteiger partial charge in [0, 0.05) is 37.4 Å². The number of nitriles is 1. The first-order chi connectivity index (χ1) is 13.1. The Labute approximate surface area is 159 Å². The van der Waals surface area contributed by atoms with Gasteiger partial charge < -0.3 is 10.2 Å². The van der Waals surface area contributed by atoms with E-state index >= 15 is 0 Å². The number of hydrogen-bond acceptors (Lipinski definition) is 5. The summed E-state index contributed by atoms with van der Waals surface area (Å²) in [6.45, 7) is 4.70. The van der Waals surface area contributed by atoms with Gasteiger partial charge in [-0.15, -0.1) is 0 Å². The van der Waals surface area contributed by atoms with Gasteiger partial charge in [-0.1, -0.05) is 18.2 Å². The summed E-state index contributed by atoms with van der Waals surface area (Å²) in [4.78, 5) is 28.1. The molecule has 0 aromatic heterocycles. The third-order valence-corrected chi connectivity index (χ3v) is 4.66. The number of nitrogens with zero attached hydrogens (tertiary/aromatic N) is 3. The molecule has 2 aromatic carbocycles. The Kier molecular flexibility index (Phi) is 5.84. The molecule has 0 radical (unpaired) electrons. The SMILES string of the molecule is CC(=O)c1ccc(C#N)c(N2CCN(CC(=O)Nc3ccccc3)CC2)c1. The third kappa shape index (κ3) is 4.72. The molecule has 1 saturated heterocycles. The maximum atomic E-state index is 12.2. The lowest BCUT2D eigenvalue weighted by molar-refractivity contribution is -0.117. The Balaban J connectivity index is 1.59. The molecule has 2 aromatic rings. The summed E-state index contributed by atoms with van der Waals surface area (Å²) in [7, 11) is 0. The number of hydrogen-bond donors (Lipinski definition) is 1. The number of piperazine rings is 1. The normalized spacial score (nSPS) is 14.4. The molecule has 0 aliphatic carbocycles. The third-order valence-electron chi connectivity index (χ3n) is 4.66. The molecule has 0 spiro atoms. The first kappa shape index (κ1) is 18.6. The predicted octanol–water partition coefficient (Wildman–Crippen LogP) is 2.52. The van der Waals surface area contributed by atoms with Crippen molar-refractivity contribution >= 4 is 23.1 Å². The number of anilines is 2. The number of amides is 1. The Bertz CT molecular complexity index is 865. The minimum absolute atomic E-state index is 0.0167. The van der Waals surface area contributed by atoms with E-state index in [1.807, 2.05) is 30.3 Å². The molecule has 1 amide bonds. The molecule has 0 saturated carbocycles. The van der Waals surface area contributed by atoms with Gasteiger partial charge in [0.15, 0.2) is 5.78 Å². The van der Waals surface area contributed by atoms with Gasteiger partial charge in [0.05, 0.1) is 17.8 Å². The van der Waals surface area contributed by atoms with Gasteiger partial charge in [-0.3, -0.25) is 14.5 Å². The molecular formula is C21H22N4O2. The van der Waals surface area contributed by atoms with E-state index < -0.39 is 0 Å². The Morgan fingerprint density at radius 3 is 2.41 bits per heavy atom. The van der Waals surface area contributed by atoms with Crippen LogP contribution in [0.3, 0.4) is 0 Å². The van der Waals surface area contributed by atoms with Gasteiger partial charge in [-0.25, -0.2) is 0 Å². The minimum atomic E-state index is -0.0362. The number of nitrogens with one attached hydrogen (secondary N) is 1. The molecule has 1 aliphatic rings. The van der Waals surface area contributed by atoms with Gasteiger partial charge in [-0.05, 0) is 37.3 Å². The van der Waals surface area contributed by atoms with Crippen LogP contribution in [0.4, 0.5) is 11.4 Å². The number of para-hydroxylation sites is 1. The number of benzene rings is 2. The summed E-state index contributed by atoms with van der Waals surface area (Å²) in [5.74, 6) is -0.0529. The van der Waals surface area contributed by atoms with E-state index in [-0.39, 0.29) is 11.7 Å². The van der Waals surface area contributed by atoms with Crippen LogP contribution in [0, 0.1) is 11.3 Å². The lowest BCUT2D eigenvalue weighted by atomic mass is 10.1. The zero-order valence-corrected chi connectivity index (χ0v) is 15.3. The topological polar surface area (TPSA) is 76.4 Å². The fraction of sp³-hybridized carbons (Fsp3) is 0.286. The Hall–Kier alpha value is -3.17. The maximum absolute atomic E-state index is 12.2. The van der Waals surface area contributed by atoms with Crippen molar-refractivity contribution in [2.75, 3.05) is 42.9 Å². The highest BCUT2D eigenvalue weighted by atomic mass is 16.2. The minimum Gasteiger partial charge on any atom is -0.368 e. The molecule has 138 valence electrons. The molecular weight excluding hydrogens is 340 g/mol. The first-order valence-electron chi connectivity index (χ1n) is 8.94. The van der Waals surface area contributed by atoms with Crippen LogP contribution >= 0.6 is 0 Å². The van der Waals surface area contributed by atoms with E-state index in [0.29, 0.717) is 30.8 Å². The van der Waals surface area contributed by atoms with Crippen molar-refractivity contribution in [3.05, 3.63) is 59.7 Å². The second kappa shape index (κ2) is 8.47. The van der Waals surface area contributed by atoms with E-state index in [0.717, 1.165) is 24.5 Å². The second-order valence-corrected chi connectivity index (χ2v) is 6.58. The zero-order valence-electron chi connectivity index (χ0n) is 15.3. The smallest absolute Gasteiger partial charge is 0.238 e. The van der Waals surface area contributed by atoms with Crippen LogP contribution in [0.25, 0.3) is 0 Å². The molecule has 0 atom stereocenters. The maximum Gasteiger partial charge on any atom is 0.238 e. The van der Waals surface area contributed by atoms with Crippen LogP contribution in [0.5, 0.6) is 0 Å². The predicted molar refractivity (Wildman–Crippen MR) is 105 cm³/mol. The van der Waals surface area contributed by atoms with Gasteiger partial charge in [-0.2, -0.15) is 5.26 Å². The van der Waals surface area contributed by atoms with Gasteiger partial charge in [0.1, 0.15) is 6.07 Å². The fourth-order valence-corrected chi connectivity index (χ4v) is 3.18. The quantitative estimate of drug-likeness (QED) is 0.827. The van der Waals surface area contributed by atoms with Crippen molar-refractivity contribution in [2.24, 2.45) is 0 Å². The second-order valence-electron chi connectivity index (χ2n) is 6.58. The summed E-state index contributed by atoms with van der Waals surface area (Å²) >= 11 is 0. The number of carbonyl (C=O) groups is 2. The molecule has 0 bridgehead atoms. The van der Waals surface area contributed by atoms with Crippen molar-refractivity contribution in [3.63, 3.8) is 0 Å². The average molecular weight is 362 g/mol. The van der Waals surface area contributed by atoms with E-state index in [1.54, 1.807) is 18.2 Å². The van der Waals surface area contributed by atoms with Gasteiger partial charge in [0.25, 0.3) is 0 Å². The summed E-state index contributed by atoms with van der Waals surface area (Å²) < 4.78 is 0. The summed E-state index contributed by atoms with van der Waals surface area (Å²) in [5.41, 5.74) is 2.75. The van der Waals surface area contributed by atoms with Crippen molar-refractivity contribution in [1.82, 2.24) is 4.90 Å². The average Bonchev–Trinajstić information content (AvgIpc) is 2.68. The lowest BCUT2D eigenvalue weighted by Gasteiger charge is -2.36. The molecule has 0 unspecified atom stereocenters. The van der Waals surface area contributed by atoms with Crippen LogP contribution in [0.1, 0.15) is 22.8 Å². The highest BCUT2D eigenvalue weighted by molar-refractivity contribution is 5.95. The monoisotopic (exact) mass is 362 g/mol. The highest BCUT2D eigenvalue weighted by Crippen LogP contribution is 2.23. The summed E-state index contributed by atoms with van der Waals surface area (Å²) in [5, 5.41) is 12.3. The van der Waals surface area contributed by atoms with E-state index in [1.165, 1.54) is 6.92 Å². The van der Waals surface area contributed by atoms with Crippen molar-refractivity contribution in [3.8, 4) is 6.07 Å². The number of ketones is 1. The van der Waals surface area contributed by atoms with Crippen molar-refractivity contribution in [2.45, 2.75) is 6.92 Å². The fourth-order valence-electron chi connectivity index (χ4n) is 3.18. The van der Waals surface area contributed by atoms with E-state index in [2.05, 4.69) is 21.2 Å². The molecule has 1 aliphatic heterocycles. The molecule has 1 fully saturated rings. The molecule has 3 rings (SSSR count). The van der Waals surface area contributed by atoms with Crippen LogP contribution < -0.4 is 10.2 Å². The standard InChI is InChI=1S/C21H22N4O2/c1-16(26)17-7-8-18(14-22)20(13-17)25-11-9-24(10-12-25)15-21(27)23-19-5-3-2-4-6-19/h2-8,13H,9-12,15H2,1H3,(H,23,27). The Morgan fingerprint density at radius 1 is 1.07 bits per heavy atom. The summed E-state index contributed by atoms with van der Waals surface area (Å²) in [6.07, 6.45) is 0. The van der Waals surface area contributed by atoms with Crippen LogP contribution in [0.15, 0.2) is 48.5 Å². The van der Waals surface area contributed by atoms with E-state index in [9.17, 15) is 14.9 Å². The Morgan fingerprint density at radius 2 is 1.78 bits per heavy atom. The lowest BCUT2D eigenvalue weighted by Crippen LogP contribution is -2.48. The molecule has 6 heteroatoms. The van der Waals surface area contributed by atoms with E-state index in [4.69, 9.17) is 0 Å². The van der Waals surface area contributed by atoms with Crippen molar-refractivity contribution < 1.29 is 9.59 Å². The number of carbonyl (C=O) groups excluding carboxylic acids is 2. The van der Waals surface area contributed by atoms with Gasteiger partial charge in [0.2, 0.25) is 5.91 Å². The molecule has 1 heterocycles.